The minimum absolute atomic E-state index is 0.106. The van der Waals surface area contributed by atoms with Crippen molar-refractivity contribution < 1.29 is 9.53 Å². The van der Waals surface area contributed by atoms with Crippen molar-refractivity contribution >= 4 is 40.4 Å². The van der Waals surface area contributed by atoms with Crippen molar-refractivity contribution in [2.45, 2.75) is 6.04 Å². The molecule has 23 heavy (non-hydrogen) atoms. The number of rotatable bonds is 6. The van der Waals surface area contributed by atoms with Crippen molar-refractivity contribution in [3.63, 3.8) is 0 Å². The molecule has 1 N–H and O–H groups in total. The number of hydrogen-bond acceptors (Lipinski definition) is 4. The highest BCUT2D eigenvalue weighted by Gasteiger charge is 2.18. The van der Waals surface area contributed by atoms with Crippen LogP contribution in [0.3, 0.4) is 0 Å². The quantitative estimate of drug-likeness (QED) is 0.829. The average molecular weight is 373 g/mol. The molecule has 2 aromatic rings. The minimum Gasteiger partial charge on any atom is -0.494 e. The fourth-order valence-corrected chi connectivity index (χ4v) is 3.59. The molecule has 0 radical (unpaired) electrons. The average Bonchev–Trinajstić information content (AvgIpc) is 3.00. The first-order valence-corrected chi connectivity index (χ1v) is 8.63. The molecule has 4 nitrogen and oxygen atoms in total. The van der Waals surface area contributed by atoms with Gasteiger partial charge in [0.05, 0.1) is 23.2 Å². The van der Waals surface area contributed by atoms with Crippen LogP contribution in [0.5, 0.6) is 5.75 Å². The molecular weight excluding hydrogens is 355 g/mol. The Balaban J connectivity index is 2.10. The lowest BCUT2D eigenvalue weighted by Gasteiger charge is -2.24. The molecule has 0 aliphatic carbocycles. The van der Waals surface area contributed by atoms with Crippen molar-refractivity contribution in [1.82, 2.24) is 10.2 Å². The maximum atomic E-state index is 12.4. The first kappa shape index (κ1) is 18.1. The van der Waals surface area contributed by atoms with Crippen LogP contribution in [0.2, 0.25) is 10.0 Å². The number of likely N-dealkylation sites (N-methyl/N-ethyl adjacent to an activating group) is 1. The van der Waals surface area contributed by atoms with Gasteiger partial charge in [-0.15, -0.1) is 0 Å². The van der Waals surface area contributed by atoms with E-state index in [0.717, 1.165) is 0 Å². The molecule has 1 aromatic heterocycles. The number of carbonyl (C=O) groups excluding carboxylic acids is 1. The summed E-state index contributed by atoms with van der Waals surface area (Å²) in [5.41, 5.74) is 1.58. The topological polar surface area (TPSA) is 41.6 Å². The number of methoxy groups -OCH3 is 1. The zero-order valence-corrected chi connectivity index (χ0v) is 15.4. The summed E-state index contributed by atoms with van der Waals surface area (Å²) in [5, 5.41) is 7.66. The van der Waals surface area contributed by atoms with Gasteiger partial charge in [0.2, 0.25) is 0 Å². The monoisotopic (exact) mass is 372 g/mol. The molecule has 1 atom stereocenters. The molecule has 1 heterocycles. The van der Waals surface area contributed by atoms with E-state index >= 15 is 0 Å². The third-order valence-electron chi connectivity index (χ3n) is 3.47. The SMILES string of the molecule is COc1c(Cl)cc(C(=O)NC[C@@H](c2ccsc2)N(C)C)cc1Cl. The normalized spacial score (nSPS) is 12.3. The Hall–Kier alpha value is -1.27. The largest absolute Gasteiger partial charge is 0.494 e. The van der Waals surface area contributed by atoms with E-state index in [4.69, 9.17) is 27.9 Å². The molecule has 0 saturated heterocycles. The Morgan fingerprint density at radius 3 is 2.48 bits per heavy atom. The number of amides is 1. The van der Waals surface area contributed by atoms with Crippen LogP contribution in [-0.4, -0.2) is 38.6 Å². The Labute approximate surface area is 150 Å². The van der Waals surface area contributed by atoms with Gasteiger partial charge in [-0.05, 0) is 48.6 Å². The number of ether oxygens (including phenoxy) is 1. The number of nitrogens with one attached hydrogen (secondary N) is 1. The predicted octanol–water partition coefficient (Wildman–Crippen LogP) is 4.10. The third kappa shape index (κ3) is 4.38. The van der Waals surface area contributed by atoms with Crippen LogP contribution in [0.4, 0.5) is 0 Å². The van der Waals surface area contributed by atoms with E-state index in [1.807, 2.05) is 19.5 Å². The lowest BCUT2D eigenvalue weighted by Crippen LogP contribution is -2.34. The summed E-state index contributed by atoms with van der Waals surface area (Å²) >= 11 is 13.8. The number of carbonyl (C=O) groups is 1. The standard InChI is InChI=1S/C16H18Cl2N2O2S/c1-20(2)14(10-4-5-23-9-10)8-19-16(21)11-6-12(17)15(22-3)13(18)7-11/h4-7,9,14H,8H2,1-3H3,(H,19,21)/t14-/m0/s1. The predicted molar refractivity (Wildman–Crippen MR) is 96.1 cm³/mol. The van der Waals surface area contributed by atoms with E-state index in [2.05, 4.69) is 21.7 Å². The Kier molecular flexibility index (Phi) is 6.30. The maximum Gasteiger partial charge on any atom is 0.251 e. The van der Waals surface area contributed by atoms with E-state index in [0.29, 0.717) is 27.9 Å². The fourth-order valence-electron chi connectivity index (χ4n) is 2.24. The summed E-state index contributed by atoms with van der Waals surface area (Å²) in [4.78, 5) is 14.4. The molecule has 7 heteroatoms. The molecule has 124 valence electrons. The first-order valence-electron chi connectivity index (χ1n) is 6.93. The van der Waals surface area contributed by atoms with Crippen LogP contribution < -0.4 is 10.1 Å². The van der Waals surface area contributed by atoms with Crippen LogP contribution in [0, 0.1) is 0 Å². The van der Waals surface area contributed by atoms with Crippen molar-refractivity contribution in [1.29, 1.82) is 0 Å². The van der Waals surface area contributed by atoms with Crippen molar-refractivity contribution in [2.75, 3.05) is 27.7 Å². The maximum absolute atomic E-state index is 12.4. The first-order chi connectivity index (χ1) is 10.9. The number of hydrogen-bond donors (Lipinski definition) is 1. The second-order valence-corrected chi connectivity index (χ2v) is 6.81. The Bertz CT molecular complexity index is 652. The molecule has 0 aliphatic rings. The number of thiophene rings is 1. The van der Waals surface area contributed by atoms with Gasteiger partial charge in [-0.2, -0.15) is 11.3 Å². The van der Waals surface area contributed by atoms with Gasteiger partial charge in [0, 0.05) is 12.1 Å². The van der Waals surface area contributed by atoms with Crippen LogP contribution in [0.15, 0.2) is 29.0 Å². The van der Waals surface area contributed by atoms with E-state index < -0.39 is 0 Å². The summed E-state index contributed by atoms with van der Waals surface area (Å²) in [7, 11) is 5.45. The highest BCUT2D eigenvalue weighted by atomic mass is 35.5. The van der Waals surface area contributed by atoms with Crippen LogP contribution in [0.25, 0.3) is 0 Å². The summed E-state index contributed by atoms with van der Waals surface area (Å²) in [6, 6.07) is 5.27. The molecule has 1 aromatic carbocycles. The van der Waals surface area contributed by atoms with Gasteiger partial charge in [0.25, 0.3) is 5.91 Å². The molecule has 0 unspecified atom stereocenters. The van der Waals surface area contributed by atoms with Crippen molar-refractivity contribution in [3.05, 3.63) is 50.1 Å². The van der Waals surface area contributed by atoms with Gasteiger partial charge in [0.15, 0.2) is 5.75 Å². The molecule has 0 aliphatic heterocycles. The van der Waals surface area contributed by atoms with Gasteiger partial charge in [-0.25, -0.2) is 0 Å². The fraction of sp³-hybridized carbons (Fsp3) is 0.312. The molecule has 0 saturated carbocycles. The van der Waals surface area contributed by atoms with E-state index in [1.54, 1.807) is 23.5 Å². The highest BCUT2D eigenvalue weighted by molar-refractivity contribution is 7.08. The van der Waals surface area contributed by atoms with E-state index in [1.165, 1.54) is 12.7 Å². The molecule has 0 fully saturated rings. The number of halogens is 2. The molecule has 0 bridgehead atoms. The number of nitrogens with zero attached hydrogens (tertiary/aromatic N) is 1. The van der Waals surface area contributed by atoms with Crippen molar-refractivity contribution in [2.24, 2.45) is 0 Å². The lowest BCUT2D eigenvalue weighted by molar-refractivity contribution is 0.0942. The van der Waals surface area contributed by atoms with Gasteiger partial charge in [0.1, 0.15) is 0 Å². The zero-order chi connectivity index (χ0) is 17.0. The summed E-state index contributed by atoms with van der Waals surface area (Å²) in [5.74, 6) is 0.146. The Morgan fingerprint density at radius 2 is 2.00 bits per heavy atom. The van der Waals surface area contributed by atoms with Crippen LogP contribution in [0.1, 0.15) is 22.0 Å². The second kappa shape index (κ2) is 8.02. The van der Waals surface area contributed by atoms with Gasteiger partial charge < -0.3 is 15.0 Å². The van der Waals surface area contributed by atoms with Crippen LogP contribution >= 0.6 is 34.5 Å². The van der Waals surface area contributed by atoms with Gasteiger partial charge in [-0.3, -0.25) is 4.79 Å². The van der Waals surface area contributed by atoms with E-state index in [-0.39, 0.29) is 11.9 Å². The Morgan fingerprint density at radius 1 is 1.35 bits per heavy atom. The highest BCUT2D eigenvalue weighted by Crippen LogP contribution is 2.33. The summed E-state index contributed by atoms with van der Waals surface area (Å²) < 4.78 is 5.09. The van der Waals surface area contributed by atoms with E-state index in [9.17, 15) is 4.79 Å². The number of benzene rings is 1. The molecule has 1 amide bonds. The second-order valence-electron chi connectivity index (χ2n) is 5.22. The third-order valence-corrected chi connectivity index (χ3v) is 4.73. The minimum atomic E-state index is -0.224. The molecular formula is C16H18Cl2N2O2S. The summed E-state index contributed by atoms with van der Waals surface area (Å²) in [6.45, 7) is 0.490. The smallest absolute Gasteiger partial charge is 0.251 e. The molecule has 0 spiro atoms. The zero-order valence-electron chi connectivity index (χ0n) is 13.1. The van der Waals surface area contributed by atoms with Crippen LogP contribution in [-0.2, 0) is 0 Å². The van der Waals surface area contributed by atoms with Crippen molar-refractivity contribution in [3.8, 4) is 5.75 Å². The summed E-state index contributed by atoms with van der Waals surface area (Å²) in [6.07, 6.45) is 0. The van der Waals surface area contributed by atoms with Gasteiger partial charge >= 0.3 is 0 Å². The lowest BCUT2D eigenvalue weighted by atomic mass is 10.1. The molecule has 2 rings (SSSR count). The van der Waals surface area contributed by atoms with Gasteiger partial charge in [-0.1, -0.05) is 23.2 Å².